The summed E-state index contributed by atoms with van der Waals surface area (Å²) in [4.78, 5) is 15.9. The third kappa shape index (κ3) is 5.31. The highest BCUT2D eigenvalue weighted by atomic mass is 16.1. The molecule has 3 rings (SSSR count). The SMILES string of the molecule is CC(C)C1CCC(C(=O)C2CCCCC(N3CCCCC3)CC2)CC1. The number of likely N-dealkylation sites (tertiary alicyclic amines) is 1. The van der Waals surface area contributed by atoms with Crippen molar-refractivity contribution in [3.63, 3.8) is 0 Å². The van der Waals surface area contributed by atoms with E-state index < -0.39 is 0 Å². The average molecular weight is 348 g/mol. The molecule has 0 spiro atoms. The summed E-state index contributed by atoms with van der Waals surface area (Å²) in [5.74, 6) is 3.09. The number of ketones is 1. The van der Waals surface area contributed by atoms with Gasteiger partial charge >= 0.3 is 0 Å². The van der Waals surface area contributed by atoms with Gasteiger partial charge in [-0.2, -0.15) is 0 Å². The summed E-state index contributed by atoms with van der Waals surface area (Å²) in [7, 11) is 0. The van der Waals surface area contributed by atoms with Crippen LogP contribution >= 0.6 is 0 Å². The molecule has 0 aromatic carbocycles. The number of hydrogen-bond acceptors (Lipinski definition) is 2. The van der Waals surface area contributed by atoms with Crippen LogP contribution < -0.4 is 0 Å². The first-order chi connectivity index (χ1) is 12.1. The van der Waals surface area contributed by atoms with Crippen LogP contribution in [0.2, 0.25) is 0 Å². The minimum Gasteiger partial charge on any atom is -0.300 e. The van der Waals surface area contributed by atoms with Gasteiger partial charge in [-0.25, -0.2) is 0 Å². The molecule has 2 nitrogen and oxygen atoms in total. The van der Waals surface area contributed by atoms with Gasteiger partial charge in [0.1, 0.15) is 5.78 Å². The lowest BCUT2D eigenvalue weighted by Gasteiger charge is -2.37. The second-order valence-electron chi connectivity index (χ2n) is 9.57. The molecular weight excluding hydrogens is 306 g/mol. The molecule has 0 aromatic heterocycles. The van der Waals surface area contributed by atoms with E-state index in [0.29, 0.717) is 17.6 Å². The molecule has 0 amide bonds. The van der Waals surface area contributed by atoms with Gasteiger partial charge in [-0.1, -0.05) is 33.1 Å². The van der Waals surface area contributed by atoms with Crippen LogP contribution in [0, 0.1) is 23.7 Å². The summed E-state index contributed by atoms with van der Waals surface area (Å²) in [6, 6.07) is 0.771. The molecule has 0 bridgehead atoms. The molecule has 2 heteroatoms. The smallest absolute Gasteiger partial charge is 0.139 e. The maximum absolute atomic E-state index is 13.2. The molecule has 2 saturated carbocycles. The van der Waals surface area contributed by atoms with Gasteiger partial charge in [-0.05, 0) is 89.1 Å². The maximum atomic E-state index is 13.2. The van der Waals surface area contributed by atoms with Gasteiger partial charge in [0.15, 0.2) is 0 Å². The van der Waals surface area contributed by atoms with Crippen molar-refractivity contribution in [1.29, 1.82) is 0 Å². The Bertz CT molecular complexity index is 404. The van der Waals surface area contributed by atoms with Gasteiger partial charge in [0.05, 0.1) is 0 Å². The lowest BCUT2D eigenvalue weighted by molar-refractivity contribution is -0.129. The normalized spacial score (nSPS) is 36.0. The van der Waals surface area contributed by atoms with Crippen molar-refractivity contribution < 1.29 is 4.79 Å². The molecule has 0 N–H and O–H groups in total. The number of rotatable bonds is 4. The lowest BCUT2D eigenvalue weighted by atomic mass is 9.72. The van der Waals surface area contributed by atoms with Gasteiger partial charge in [0.25, 0.3) is 0 Å². The zero-order valence-electron chi connectivity index (χ0n) is 16.8. The number of Topliss-reactive ketones (excluding diaryl/α,β-unsaturated/α-hetero) is 1. The molecule has 0 radical (unpaired) electrons. The molecule has 2 unspecified atom stereocenters. The van der Waals surface area contributed by atoms with E-state index in [4.69, 9.17) is 0 Å². The fraction of sp³-hybridized carbons (Fsp3) is 0.957. The zero-order chi connectivity index (χ0) is 17.6. The fourth-order valence-corrected chi connectivity index (χ4v) is 5.79. The molecule has 1 aliphatic heterocycles. The Balaban J connectivity index is 1.50. The number of carbonyl (C=O) groups excluding carboxylic acids is 1. The van der Waals surface area contributed by atoms with Crippen molar-refractivity contribution >= 4 is 5.78 Å². The topological polar surface area (TPSA) is 20.3 Å². The summed E-state index contributed by atoms with van der Waals surface area (Å²) in [5, 5.41) is 0. The molecule has 2 aliphatic carbocycles. The van der Waals surface area contributed by atoms with Gasteiger partial charge < -0.3 is 4.90 Å². The van der Waals surface area contributed by atoms with Gasteiger partial charge in [0, 0.05) is 17.9 Å². The minimum absolute atomic E-state index is 0.383. The van der Waals surface area contributed by atoms with E-state index in [0.717, 1.165) is 17.9 Å². The molecule has 1 saturated heterocycles. The van der Waals surface area contributed by atoms with E-state index in [1.165, 1.54) is 96.6 Å². The Labute approximate surface area is 156 Å². The fourth-order valence-electron chi connectivity index (χ4n) is 5.79. The Hall–Kier alpha value is -0.370. The first-order valence-electron chi connectivity index (χ1n) is 11.4. The highest BCUT2D eigenvalue weighted by molar-refractivity contribution is 5.83. The number of piperidine rings is 1. The molecule has 2 atom stereocenters. The number of nitrogens with zero attached hydrogens (tertiary/aromatic N) is 1. The Morgan fingerprint density at radius 1 is 0.720 bits per heavy atom. The van der Waals surface area contributed by atoms with Crippen molar-refractivity contribution in [3.8, 4) is 0 Å². The number of carbonyl (C=O) groups is 1. The van der Waals surface area contributed by atoms with Crippen molar-refractivity contribution in [3.05, 3.63) is 0 Å². The molecular formula is C23H41NO. The molecule has 144 valence electrons. The summed E-state index contributed by atoms with van der Waals surface area (Å²) < 4.78 is 0. The third-order valence-electron chi connectivity index (χ3n) is 7.61. The molecule has 3 fully saturated rings. The van der Waals surface area contributed by atoms with Crippen molar-refractivity contribution in [2.45, 2.75) is 103 Å². The first-order valence-corrected chi connectivity index (χ1v) is 11.4. The Morgan fingerprint density at radius 3 is 2.00 bits per heavy atom. The highest BCUT2D eigenvalue weighted by Crippen LogP contribution is 2.37. The largest absolute Gasteiger partial charge is 0.300 e. The van der Waals surface area contributed by atoms with E-state index in [1.54, 1.807) is 0 Å². The van der Waals surface area contributed by atoms with E-state index in [9.17, 15) is 4.79 Å². The summed E-state index contributed by atoms with van der Waals surface area (Å²) in [5.41, 5.74) is 0. The lowest BCUT2D eigenvalue weighted by Crippen LogP contribution is -2.40. The Morgan fingerprint density at radius 2 is 1.32 bits per heavy atom. The van der Waals surface area contributed by atoms with Crippen LogP contribution in [0.1, 0.15) is 97.3 Å². The maximum Gasteiger partial charge on any atom is 0.139 e. The second kappa shape index (κ2) is 9.53. The molecule has 3 aliphatic rings. The van der Waals surface area contributed by atoms with Crippen LogP contribution in [-0.2, 0) is 4.79 Å². The minimum atomic E-state index is 0.383. The molecule has 0 aromatic rings. The van der Waals surface area contributed by atoms with Gasteiger partial charge in [-0.15, -0.1) is 0 Å². The van der Waals surface area contributed by atoms with Crippen LogP contribution in [0.15, 0.2) is 0 Å². The summed E-state index contributed by atoms with van der Waals surface area (Å²) in [6.07, 6.45) is 16.7. The van der Waals surface area contributed by atoms with Crippen LogP contribution in [0.25, 0.3) is 0 Å². The predicted molar refractivity (Wildman–Crippen MR) is 106 cm³/mol. The van der Waals surface area contributed by atoms with Crippen LogP contribution in [0.4, 0.5) is 0 Å². The average Bonchev–Trinajstić information content (AvgIpc) is 2.62. The molecule has 1 heterocycles. The predicted octanol–water partition coefficient (Wildman–Crippen LogP) is 5.84. The summed E-state index contributed by atoms with van der Waals surface area (Å²) in [6.45, 7) is 7.32. The third-order valence-corrected chi connectivity index (χ3v) is 7.61. The van der Waals surface area contributed by atoms with E-state index in [1.807, 2.05) is 0 Å². The summed E-state index contributed by atoms with van der Waals surface area (Å²) >= 11 is 0. The first kappa shape index (κ1) is 19.4. The zero-order valence-corrected chi connectivity index (χ0v) is 16.8. The Kier molecular flexibility index (Phi) is 7.39. The van der Waals surface area contributed by atoms with E-state index in [2.05, 4.69) is 18.7 Å². The van der Waals surface area contributed by atoms with Gasteiger partial charge in [0.2, 0.25) is 0 Å². The van der Waals surface area contributed by atoms with E-state index in [-0.39, 0.29) is 0 Å². The van der Waals surface area contributed by atoms with Crippen LogP contribution in [-0.4, -0.2) is 29.8 Å². The van der Waals surface area contributed by atoms with Crippen molar-refractivity contribution in [2.75, 3.05) is 13.1 Å². The second-order valence-corrected chi connectivity index (χ2v) is 9.57. The van der Waals surface area contributed by atoms with Crippen LogP contribution in [0.3, 0.4) is 0 Å². The van der Waals surface area contributed by atoms with Crippen molar-refractivity contribution in [1.82, 2.24) is 4.90 Å². The quantitative estimate of drug-likeness (QED) is 0.636. The van der Waals surface area contributed by atoms with Crippen molar-refractivity contribution in [2.24, 2.45) is 23.7 Å². The molecule has 25 heavy (non-hydrogen) atoms. The standard InChI is InChI=1S/C23H41NO/c1-18(2)19-10-12-21(13-11-19)23(25)20-8-4-5-9-22(15-14-20)24-16-6-3-7-17-24/h18-22H,3-17H2,1-2H3. The monoisotopic (exact) mass is 347 g/mol. The highest BCUT2D eigenvalue weighted by Gasteiger charge is 2.33. The number of hydrogen-bond donors (Lipinski definition) is 0. The van der Waals surface area contributed by atoms with E-state index >= 15 is 0 Å². The van der Waals surface area contributed by atoms with Gasteiger partial charge in [-0.3, -0.25) is 4.79 Å². The van der Waals surface area contributed by atoms with Crippen LogP contribution in [0.5, 0.6) is 0 Å².